The van der Waals surface area contributed by atoms with E-state index in [0.29, 0.717) is 42.8 Å². The van der Waals surface area contributed by atoms with Gasteiger partial charge in [0.05, 0.1) is 31.9 Å². The Morgan fingerprint density at radius 2 is 1.70 bits per heavy atom. The van der Waals surface area contributed by atoms with Crippen molar-refractivity contribution < 1.29 is 43.4 Å². The Hall–Kier alpha value is -5.31. The van der Waals surface area contributed by atoms with Crippen LogP contribution in [0.4, 0.5) is 0 Å². The minimum Gasteiger partial charge on any atom is -0.498 e. The van der Waals surface area contributed by atoms with E-state index in [-0.39, 0.29) is 25.5 Å². The number of aliphatic hydroxyl groups is 1. The van der Waals surface area contributed by atoms with Crippen LogP contribution in [0, 0.1) is 5.41 Å². The number of aliphatic hydroxyl groups excluding tert-OH is 1. The van der Waals surface area contributed by atoms with Crippen molar-refractivity contribution in [3.05, 3.63) is 72.0 Å². The van der Waals surface area contributed by atoms with Gasteiger partial charge in [-0.05, 0) is 42.4 Å². The summed E-state index contributed by atoms with van der Waals surface area (Å²) in [4.78, 5) is 92.9. The van der Waals surface area contributed by atoms with Crippen LogP contribution < -0.4 is 21.3 Å². The highest BCUT2D eigenvalue weighted by Gasteiger charge is 2.42. The molecule has 1 aromatic rings. The van der Waals surface area contributed by atoms with Gasteiger partial charge in [0.2, 0.25) is 35.3 Å². The Kier molecular flexibility index (Phi) is 17.6. The van der Waals surface area contributed by atoms with Crippen molar-refractivity contribution in [2.24, 2.45) is 5.41 Å². The molecular formula is C38H54N6O9. The van der Waals surface area contributed by atoms with Crippen LogP contribution in [-0.2, 0) is 38.3 Å². The van der Waals surface area contributed by atoms with Crippen molar-refractivity contribution in [1.29, 1.82) is 0 Å². The van der Waals surface area contributed by atoms with E-state index >= 15 is 0 Å². The highest BCUT2D eigenvalue weighted by atomic mass is 16.5. The normalized spacial score (nSPS) is 15.6. The average Bonchev–Trinajstić information content (AvgIpc) is 3.60. The van der Waals surface area contributed by atoms with Gasteiger partial charge in [-0.3, -0.25) is 33.6 Å². The number of amides is 6. The molecule has 1 heterocycles. The third-order valence-electron chi connectivity index (χ3n) is 8.15. The lowest BCUT2D eigenvalue weighted by Crippen LogP contribution is -2.58. The maximum atomic E-state index is 13.8. The highest BCUT2D eigenvalue weighted by Crippen LogP contribution is 2.26. The molecule has 0 saturated carbocycles. The molecule has 0 aliphatic carbocycles. The zero-order valence-electron chi connectivity index (χ0n) is 31.5. The summed E-state index contributed by atoms with van der Waals surface area (Å²) in [5.41, 5.74) is 0.308. The highest BCUT2D eigenvalue weighted by molar-refractivity contribution is 6.37. The van der Waals surface area contributed by atoms with Crippen LogP contribution in [0.25, 0.3) is 0 Å². The first kappa shape index (κ1) is 43.9. The van der Waals surface area contributed by atoms with Crippen molar-refractivity contribution in [2.75, 3.05) is 46.9 Å². The third kappa shape index (κ3) is 14.7. The minimum atomic E-state index is -1.11. The molecule has 0 bridgehead atoms. The molecule has 1 saturated heterocycles. The number of nitrogens with one attached hydrogen (secondary N) is 4. The van der Waals surface area contributed by atoms with Crippen LogP contribution in [0.3, 0.4) is 0 Å². The topological polar surface area (TPSA) is 204 Å². The lowest BCUT2D eigenvalue weighted by molar-refractivity contribution is -0.144. The van der Waals surface area contributed by atoms with Crippen molar-refractivity contribution in [3.63, 3.8) is 0 Å². The number of hydrogen-bond donors (Lipinski definition) is 5. The zero-order chi connectivity index (χ0) is 39.7. The summed E-state index contributed by atoms with van der Waals surface area (Å²) in [7, 11) is 3.09. The molecule has 5 N–H and O–H groups in total. The van der Waals surface area contributed by atoms with Gasteiger partial charge in [-0.1, -0.05) is 69.8 Å². The number of rotatable bonds is 19. The van der Waals surface area contributed by atoms with Crippen LogP contribution in [0.2, 0.25) is 0 Å². The number of hydrogen-bond acceptors (Lipinski definition) is 9. The maximum absolute atomic E-state index is 13.8. The summed E-state index contributed by atoms with van der Waals surface area (Å²) in [6, 6.07) is 5.64. The Morgan fingerprint density at radius 1 is 1.02 bits per heavy atom. The van der Waals surface area contributed by atoms with Gasteiger partial charge in [-0.2, -0.15) is 0 Å². The quantitative estimate of drug-likeness (QED) is 0.0595. The molecule has 2 rings (SSSR count). The van der Waals surface area contributed by atoms with E-state index < -0.39 is 71.9 Å². The molecule has 6 amide bonds. The Bertz CT molecular complexity index is 1550. The Morgan fingerprint density at radius 3 is 2.32 bits per heavy atom. The predicted molar refractivity (Wildman–Crippen MR) is 197 cm³/mol. The van der Waals surface area contributed by atoms with Gasteiger partial charge in [0.15, 0.2) is 0 Å². The molecule has 1 fully saturated rings. The molecule has 3 atom stereocenters. The Labute approximate surface area is 311 Å². The summed E-state index contributed by atoms with van der Waals surface area (Å²) in [6.45, 7) is 10.5. The number of carbonyl (C=O) groups excluding carboxylic acids is 7. The van der Waals surface area contributed by atoms with Gasteiger partial charge in [0.1, 0.15) is 18.1 Å². The van der Waals surface area contributed by atoms with Crippen LogP contribution in [0.1, 0.15) is 65.0 Å². The molecular weight excluding hydrogens is 684 g/mol. The summed E-state index contributed by atoms with van der Waals surface area (Å²) >= 11 is 0. The number of benzene rings is 1. The monoisotopic (exact) mass is 738 g/mol. The van der Waals surface area contributed by atoms with Crippen molar-refractivity contribution >= 4 is 41.2 Å². The molecule has 15 heteroatoms. The molecule has 0 aromatic heterocycles. The van der Waals surface area contributed by atoms with Crippen LogP contribution >= 0.6 is 0 Å². The zero-order valence-corrected chi connectivity index (χ0v) is 31.5. The maximum Gasteiger partial charge on any atom is 0.289 e. The second-order valence-electron chi connectivity index (χ2n) is 13.9. The smallest absolute Gasteiger partial charge is 0.289 e. The summed E-state index contributed by atoms with van der Waals surface area (Å²) in [5.74, 6) is -4.11. The average molecular weight is 739 g/mol. The number of likely N-dealkylation sites (N-methyl/N-ethyl adjacent to an activating group) is 1. The molecule has 1 aliphatic rings. The van der Waals surface area contributed by atoms with E-state index in [9.17, 15) is 33.6 Å². The first-order valence-corrected chi connectivity index (χ1v) is 17.5. The molecule has 53 heavy (non-hydrogen) atoms. The van der Waals surface area contributed by atoms with Gasteiger partial charge in [0, 0.05) is 33.7 Å². The fourth-order valence-electron chi connectivity index (χ4n) is 5.29. The summed E-state index contributed by atoms with van der Waals surface area (Å²) < 4.78 is 5.44. The molecule has 290 valence electrons. The molecule has 3 unspecified atom stereocenters. The number of ketones is 1. The van der Waals surface area contributed by atoms with Crippen LogP contribution in [-0.4, -0.2) is 115 Å². The molecule has 1 aromatic carbocycles. The lowest BCUT2D eigenvalue weighted by atomic mass is 9.85. The SMILES string of the molecule is C=C(/C=C\C=C(/C)OCCCO)CC(=O)NC(C(=O)N1CCCC1C(=O)NCC(=O)C(=O)NCC(=O)NC(C(=O)N(C)C)c1ccccc1)C(C)(C)C. The predicted octanol–water partition coefficient (Wildman–Crippen LogP) is 1.06. The first-order chi connectivity index (χ1) is 25.0. The van der Waals surface area contributed by atoms with Crippen LogP contribution in [0.5, 0.6) is 0 Å². The van der Waals surface area contributed by atoms with Gasteiger partial charge in [-0.25, -0.2) is 0 Å². The fraction of sp³-hybridized carbons (Fsp3) is 0.500. The number of Topliss-reactive ketones (excluding diaryl/α,β-unsaturated/α-hetero) is 1. The third-order valence-corrected chi connectivity index (χ3v) is 8.15. The van der Waals surface area contributed by atoms with E-state index in [1.807, 2.05) is 0 Å². The number of carbonyl (C=O) groups is 7. The molecule has 15 nitrogen and oxygen atoms in total. The molecule has 1 aliphatic heterocycles. The Balaban J connectivity index is 1.94. The standard InChI is InChI=1S/C38H54N6O9/c1-25(14-11-15-26(2)53-21-13-20-45)22-30(47)42-33(38(3,4)5)37(52)44-19-12-18-28(44)34(49)39-23-29(46)35(50)40-24-31(48)41-32(36(51)43(6)7)27-16-9-8-10-17-27/h8-11,14-17,28,32-33,45H,1,12-13,18-24H2,2-7H3,(H,39,49)(H,40,50)(H,41,48)(H,42,47)/b14-11-,26-15+. The number of allylic oxidation sites excluding steroid dienone is 4. The van der Waals surface area contributed by atoms with Crippen LogP contribution in [0.15, 0.2) is 66.5 Å². The van der Waals surface area contributed by atoms with Gasteiger partial charge >= 0.3 is 0 Å². The fourth-order valence-corrected chi connectivity index (χ4v) is 5.29. The number of nitrogens with zero attached hydrogens (tertiary/aromatic N) is 2. The van der Waals surface area contributed by atoms with Crippen molar-refractivity contribution in [3.8, 4) is 0 Å². The van der Waals surface area contributed by atoms with Crippen molar-refractivity contribution in [1.82, 2.24) is 31.1 Å². The van der Waals surface area contributed by atoms with Gasteiger partial charge in [-0.15, -0.1) is 0 Å². The lowest BCUT2D eigenvalue weighted by Gasteiger charge is -2.35. The molecule has 0 radical (unpaired) electrons. The summed E-state index contributed by atoms with van der Waals surface area (Å²) in [5, 5.41) is 18.8. The molecule has 0 spiro atoms. The second kappa shape index (κ2) is 21.3. The number of ether oxygens (including phenoxy) is 1. The van der Waals surface area contributed by atoms with E-state index in [1.54, 1.807) is 90.4 Å². The minimum absolute atomic E-state index is 0.0326. The van der Waals surface area contributed by atoms with E-state index in [2.05, 4.69) is 27.8 Å². The van der Waals surface area contributed by atoms with Gasteiger partial charge in [0.25, 0.3) is 5.91 Å². The largest absolute Gasteiger partial charge is 0.498 e. The van der Waals surface area contributed by atoms with Gasteiger partial charge < -0.3 is 40.9 Å². The van der Waals surface area contributed by atoms with Crippen molar-refractivity contribution in [2.45, 2.75) is 71.5 Å². The van der Waals surface area contributed by atoms with E-state index in [0.717, 1.165) is 0 Å². The second-order valence-corrected chi connectivity index (χ2v) is 13.9. The first-order valence-electron chi connectivity index (χ1n) is 17.5. The van der Waals surface area contributed by atoms with E-state index in [1.165, 1.54) is 9.80 Å². The summed E-state index contributed by atoms with van der Waals surface area (Å²) in [6.07, 6.45) is 6.31. The van der Waals surface area contributed by atoms with E-state index in [4.69, 9.17) is 9.84 Å². The number of likely N-dealkylation sites (tertiary alicyclic amines) is 1.